The molecule has 0 fully saturated rings. The number of thioether (sulfide) groups is 1. The Balaban J connectivity index is 1.42. The van der Waals surface area contributed by atoms with Crippen LogP contribution in [0.4, 0.5) is 10.1 Å². The molecule has 0 unspecified atom stereocenters. The number of carbonyl (C=O) groups excluding carboxylic acids is 1. The second-order valence-electron chi connectivity index (χ2n) is 5.69. The van der Waals surface area contributed by atoms with Crippen molar-refractivity contribution in [1.82, 2.24) is 19.7 Å². The zero-order valence-corrected chi connectivity index (χ0v) is 15.9. The van der Waals surface area contributed by atoms with Gasteiger partial charge in [-0.1, -0.05) is 35.2 Å². The zero-order chi connectivity index (χ0) is 18.8. The maximum atomic E-state index is 12.9. The molecule has 0 radical (unpaired) electrons. The lowest BCUT2D eigenvalue weighted by atomic mass is 10.3. The van der Waals surface area contributed by atoms with Crippen molar-refractivity contribution >= 4 is 45.7 Å². The highest BCUT2D eigenvalue weighted by Crippen LogP contribution is 2.27. The van der Waals surface area contributed by atoms with Crippen molar-refractivity contribution in [3.05, 3.63) is 64.4 Å². The van der Waals surface area contributed by atoms with E-state index in [0.29, 0.717) is 11.4 Å². The molecule has 6 nitrogen and oxygen atoms in total. The Kier molecular flexibility index (Phi) is 4.87. The van der Waals surface area contributed by atoms with E-state index in [9.17, 15) is 9.18 Å². The number of nitrogens with zero attached hydrogens (tertiary/aromatic N) is 4. The van der Waals surface area contributed by atoms with E-state index >= 15 is 0 Å². The third-order valence-corrected chi connectivity index (χ3v) is 5.98. The van der Waals surface area contributed by atoms with Crippen LogP contribution in [0, 0.1) is 5.82 Å². The molecule has 0 saturated carbocycles. The minimum Gasteiger partial charge on any atom is -0.322 e. The van der Waals surface area contributed by atoms with E-state index in [1.165, 1.54) is 35.6 Å². The first-order valence-electron chi connectivity index (χ1n) is 8.04. The van der Waals surface area contributed by atoms with Gasteiger partial charge in [0.25, 0.3) is 5.91 Å². The Labute approximate surface area is 162 Å². The highest BCUT2D eigenvalue weighted by molar-refractivity contribution is 7.98. The Hall–Kier alpha value is -2.78. The topological polar surface area (TPSA) is 72.7 Å². The number of para-hydroxylation sites is 2. The molecule has 0 aliphatic carbocycles. The third kappa shape index (κ3) is 3.83. The summed E-state index contributed by atoms with van der Waals surface area (Å²) in [5.74, 6) is -0.151. The summed E-state index contributed by atoms with van der Waals surface area (Å²) in [7, 11) is 1.97. The van der Waals surface area contributed by atoms with Gasteiger partial charge in [0.1, 0.15) is 10.8 Å². The second kappa shape index (κ2) is 7.45. The summed E-state index contributed by atoms with van der Waals surface area (Å²) in [6.07, 6.45) is 0. The van der Waals surface area contributed by atoms with Crippen LogP contribution in [0.3, 0.4) is 0 Å². The standard InChI is InChI=1S/C18H14FN5OS2/c1-24-14-5-3-2-4-13(14)21-18(24)26-10-15-22-23-17(27-15)16(25)20-12-8-6-11(19)7-9-12/h2-9H,10H2,1H3,(H,20,25). The number of imidazole rings is 1. The molecule has 136 valence electrons. The summed E-state index contributed by atoms with van der Waals surface area (Å²) in [5, 5.41) is 12.6. The number of carbonyl (C=O) groups is 1. The quantitative estimate of drug-likeness (QED) is 0.511. The number of halogens is 1. The predicted molar refractivity (Wildman–Crippen MR) is 105 cm³/mol. The summed E-state index contributed by atoms with van der Waals surface area (Å²) in [6.45, 7) is 0. The summed E-state index contributed by atoms with van der Waals surface area (Å²) >= 11 is 2.77. The van der Waals surface area contributed by atoms with Crippen molar-refractivity contribution in [2.45, 2.75) is 10.9 Å². The van der Waals surface area contributed by atoms with Gasteiger partial charge in [-0.25, -0.2) is 9.37 Å². The lowest BCUT2D eigenvalue weighted by Gasteiger charge is -2.01. The number of hydrogen-bond donors (Lipinski definition) is 1. The summed E-state index contributed by atoms with van der Waals surface area (Å²) in [4.78, 5) is 16.8. The summed E-state index contributed by atoms with van der Waals surface area (Å²) < 4.78 is 15.0. The van der Waals surface area contributed by atoms with Gasteiger partial charge in [-0.15, -0.1) is 10.2 Å². The van der Waals surface area contributed by atoms with Crippen LogP contribution < -0.4 is 5.32 Å². The maximum absolute atomic E-state index is 12.9. The van der Waals surface area contributed by atoms with Crippen LogP contribution in [0.1, 0.15) is 14.8 Å². The first-order chi connectivity index (χ1) is 13.1. The molecule has 0 aliphatic heterocycles. The minimum atomic E-state index is -0.363. The Morgan fingerprint density at radius 1 is 1.19 bits per heavy atom. The highest BCUT2D eigenvalue weighted by Gasteiger charge is 2.15. The van der Waals surface area contributed by atoms with Gasteiger partial charge >= 0.3 is 0 Å². The zero-order valence-electron chi connectivity index (χ0n) is 14.2. The van der Waals surface area contributed by atoms with Crippen molar-refractivity contribution in [3.8, 4) is 0 Å². The monoisotopic (exact) mass is 399 g/mol. The normalized spacial score (nSPS) is 11.0. The van der Waals surface area contributed by atoms with Crippen molar-refractivity contribution in [3.63, 3.8) is 0 Å². The van der Waals surface area contributed by atoms with Crippen LogP contribution in [0.5, 0.6) is 0 Å². The number of fused-ring (bicyclic) bond motifs is 1. The van der Waals surface area contributed by atoms with Crippen molar-refractivity contribution in [2.75, 3.05) is 5.32 Å². The van der Waals surface area contributed by atoms with Crippen LogP contribution in [-0.4, -0.2) is 25.7 Å². The van der Waals surface area contributed by atoms with Crippen LogP contribution in [0.25, 0.3) is 11.0 Å². The van der Waals surface area contributed by atoms with E-state index in [2.05, 4.69) is 20.5 Å². The SMILES string of the molecule is Cn1c(SCc2nnc(C(=O)Nc3ccc(F)cc3)s2)nc2ccccc21. The number of nitrogens with one attached hydrogen (secondary N) is 1. The summed E-state index contributed by atoms with van der Waals surface area (Å²) in [5.41, 5.74) is 2.52. The van der Waals surface area contributed by atoms with Crippen LogP contribution in [-0.2, 0) is 12.8 Å². The number of aromatic nitrogens is 4. The predicted octanol–water partition coefficient (Wildman–Crippen LogP) is 4.11. The maximum Gasteiger partial charge on any atom is 0.286 e. The van der Waals surface area contributed by atoms with Crippen LogP contribution >= 0.6 is 23.1 Å². The molecule has 0 aliphatic rings. The van der Waals surface area contributed by atoms with E-state index in [4.69, 9.17) is 0 Å². The average Bonchev–Trinajstić information content (AvgIpc) is 3.27. The van der Waals surface area contributed by atoms with Crippen molar-refractivity contribution < 1.29 is 9.18 Å². The number of rotatable bonds is 5. The number of hydrogen-bond acceptors (Lipinski definition) is 6. The average molecular weight is 399 g/mol. The van der Waals surface area contributed by atoms with Gasteiger partial charge < -0.3 is 9.88 Å². The van der Waals surface area contributed by atoms with Gasteiger partial charge in [0.05, 0.1) is 16.8 Å². The molecule has 1 N–H and O–H groups in total. The molecule has 4 aromatic rings. The molecule has 2 aromatic heterocycles. The fraction of sp³-hybridized carbons (Fsp3) is 0.111. The summed E-state index contributed by atoms with van der Waals surface area (Å²) in [6, 6.07) is 13.5. The van der Waals surface area contributed by atoms with E-state index in [1.54, 1.807) is 11.8 Å². The lowest BCUT2D eigenvalue weighted by Crippen LogP contribution is -2.11. The van der Waals surface area contributed by atoms with Crippen LogP contribution in [0.2, 0.25) is 0 Å². The number of benzene rings is 2. The van der Waals surface area contributed by atoms with Crippen molar-refractivity contribution in [1.29, 1.82) is 0 Å². The number of aryl methyl sites for hydroxylation is 1. The first-order valence-corrected chi connectivity index (χ1v) is 9.84. The third-order valence-electron chi connectivity index (χ3n) is 3.83. The van der Waals surface area contributed by atoms with Gasteiger partial charge in [0, 0.05) is 12.7 Å². The van der Waals surface area contributed by atoms with Gasteiger partial charge in [-0.2, -0.15) is 0 Å². The number of anilines is 1. The van der Waals surface area contributed by atoms with E-state index < -0.39 is 0 Å². The molecule has 2 aromatic carbocycles. The molecule has 0 bridgehead atoms. The molecule has 0 atom stereocenters. The smallest absolute Gasteiger partial charge is 0.286 e. The van der Waals surface area contributed by atoms with Gasteiger partial charge in [0.2, 0.25) is 5.01 Å². The molecule has 2 heterocycles. The Bertz CT molecular complexity index is 1110. The molecule has 1 amide bonds. The molecule has 0 spiro atoms. The van der Waals surface area contributed by atoms with Crippen LogP contribution in [0.15, 0.2) is 53.7 Å². The molecule has 9 heteroatoms. The van der Waals surface area contributed by atoms with Gasteiger partial charge in [-0.05, 0) is 36.4 Å². The van der Waals surface area contributed by atoms with Gasteiger partial charge in [-0.3, -0.25) is 4.79 Å². The fourth-order valence-corrected chi connectivity index (χ4v) is 4.21. The van der Waals surface area contributed by atoms with E-state index in [0.717, 1.165) is 21.2 Å². The molecule has 27 heavy (non-hydrogen) atoms. The van der Waals surface area contributed by atoms with Gasteiger partial charge in [0.15, 0.2) is 5.16 Å². The second-order valence-corrected chi connectivity index (χ2v) is 7.70. The molecule has 0 saturated heterocycles. The first kappa shape index (κ1) is 17.6. The number of amides is 1. The van der Waals surface area contributed by atoms with E-state index in [-0.39, 0.29) is 16.7 Å². The Morgan fingerprint density at radius 3 is 2.74 bits per heavy atom. The largest absolute Gasteiger partial charge is 0.322 e. The van der Waals surface area contributed by atoms with Crippen molar-refractivity contribution in [2.24, 2.45) is 7.05 Å². The lowest BCUT2D eigenvalue weighted by molar-refractivity contribution is 0.102. The molecular formula is C18H14FN5OS2. The van der Waals surface area contributed by atoms with E-state index in [1.807, 2.05) is 35.9 Å². The molecule has 4 rings (SSSR count). The highest BCUT2D eigenvalue weighted by atomic mass is 32.2. The minimum absolute atomic E-state index is 0.264. The Morgan fingerprint density at radius 2 is 1.96 bits per heavy atom. The fourth-order valence-electron chi connectivity index (χ4n) is 2.50. The molecular weight excluding hydrogens is 385 g/mol.